The van der Waals surface area contributed by atoms with E-state index in [0.29, 0.717) is 6.10 Å². The van der Waals surface area contributed by atoms with Gasteiger partial charge >= 0.3 is 0 Å². The Morgan fingerprint density at radius 3 is 3.19 bits per heavy atom. The molecule has 1 aromatic carbocycles. The smallest absolute Gasteiger partial charge is 0.120 e. The van der Waals surface area contributed by atoms with Gasteiger partial charge in [0.1, 0.15) is 11.9 Å². The van der Waals surface area contributed by atoms with Crippen LogP contribution in [0.2, 0.25) is 0 Å². The van der Waals surface area contributed by atoms with E-state index in [4.69, 9.17) is 9.47 Å². The summed E-state index contributed by atoms with van der Waals surface area (Å²) in [5.41, 5.74) is 2.69. The minimum Gasteiger partial charge on any atom is -0.489 e. The van der Waals surface area contributed by atoms with Crippen LogP contribution >= 0.6 is 0 Å². The van der Waals surface area contributed by atoms with Crippen molar-refractivity contribution in [3.05, 3.63) is 29.3 Å². The lowest BCUT2D eigenvalue weighted by Gasteiger charge is -2.19. The molecule has 3 heteroatoms. The first-order valence-electron chi connectivity index (χ1n) is 5.99. The standard InChI is InChI=1S/C13H17NO2/c1-2-12(16-13-3-5-14-8-13)7-10-4-6-15-9-11(1)10/h1-2,7,13-14H,3-6,8-9H2. The summed E-state index contributed by atoms with van der Waals surface area (Å²) in [5, 5.41) is 3.31. The summed E-state index contributed by atoms with van der Waals surface area (Å²) in [6, 6.07) is 6.37. The second-order valence-electron chi connectivity index (χ2n) is 4.47. The molecule has 0 aliphatic carbocycles. The Kier molecular flexibility index (Phi) is 2.80. The van der Waals surface area contributed by atoms with Crippen molar-refractivity contribution in [2.45, 2.75) is 25.6 Å². The molecule has 0 radical (unpaired) electrons. The van der Waals surface area contributed by atoms with E-state index >= 15 is 0 Å². The van der Waals surface area contributed by atoms with Gasteiger partial charge in [-0.05, 0) is 42.6 Å². The molecule has 2 aliphatic rings. The van der Waals surface area contributed by atoms with Crippen molar-refractivity contribution in [1.29, 1.82) is 0 Å². The van der Waals surface area contributed by atoms with Crippen LogP contribution in [0, 0.1) is 0 Å². The summed E-state index contributed by atoms with van der Waals surface area (Å²) in [7, 11) is 0. The van der Waals surface area contributed by atoms with Gasteiger partial charge < -0.3 is 14.8 Å². The van der Waals surface area contributed by atoms with E-state index in [2.05, 4.69) is 23.5 Å². The highest BCUT2D eigenvalue weighted by molar-refractivity contribution is 5.36. The van der Waals surface area contributed by atoms with Crippen LogP contribution in [-0.4, -0.2) is 25.8 Å². The Morgan fingerprint density at radius 1 is 1.31 bits per heavy atom. The molecule has 0 bridgehead atoms. The Balaban J connectivity index is 1.74. The van der Waals surface area contributed by atoms with Crippen LogP contribution < -0.4 is 10.1 Å². The van der Waals surface area contributed by atoms with Gasteiger partial charge in [-0.2, -0.15) is 0 Å². The van der Waals surface area contributed by atoms with Crippen molar-refractivity contribution in [2.24, 2.45) is 0 Å². The van der Waals surface area contributed by atoms with Gasteiger partial charge in [0.15, 0.2) is 0 Å². The van der Waals surface area contributed by atoms with Crippen LogP contribution in [0.4, 0.5) is 0 Å². The molecule has 86 valence electrons. The first-order valence-corrected chi connectivity index (χ1v) is 5.99. The maximum atomic E-state index is 5.94. The molecule has 1 unspecified atom stereocenters. The van der Waals surface area contributed by atoms with Crippen LogP contribution in [0.3, 0.4) is 0 Å². The van der Waals surface area contributed by atoms with E-state index in [1.54, 1.807) is 0 Å². The van der Waals surface area contributed by atoms with E-state index in [1.807, 2.05) is 0 Å². The molecule has 16 heavy (non-hydrogen) atoms. The molecule has 3 rings (SSSR count). The fraction of sp³-hybridized carbons (Fsp3) is 0.538. The number of benzene rings is 1. The minimum absolute atomic E-state index is 0.345. The van der Waals surface area contributed by atoms with Gasteiger partial charge in [-0.3, -0.25) is 0 Å². The summed E-state index contributed by atoms with van der Waals surface area (Å²) in [4.78, 5) is 0. The molecular formula is C13H17NO2. The van der Waals surface area contributed by atoms with Crippen molar-refractivity contribution in [3.8, 4) is 5.75 Å². The first kappa shape index (κ1) is 10.1. The van der Waals surface area contributed by atoms with Crippen molar-refractivity contribution in [1.82, 2.24) is 5.32 Å². The predicted octanol–water partition coefficient (Wildman–Crippen LogP) is 1.50. The molecule has 1 fully saturated rings. The average Bonchev–Trinajstić information content (AvgIpc) is 2.82. The summed E-state index contributed by atoms with van der Waals surface area (Å²) >= 11 is 0. The number of hydrogen-bond donors (Lipinski definition) is 1. The highest BCUT2D eigenvalue weighted by Gasteiger charge is 2.17. The fourth-order valence-electron chi connectivity index (χ4n) is 2.33. The highest BCUT2D eigenvalue weighted by Crippen LogP contribution is 2.23. The summed E-state index contributed by atoms with van der Waals surface area (Å²) < 4.78 is 11.4. The second-order valence-corrected chi connectivity index (χ2v) is 4.47. The Morgan fingerprint density at radius 2 is 2.31 bits per heavy atom. The molecule has 1 atom stereocenters. The van der Waals surface area contributed by atoms with Crippen LogP contribution in [0.1, 0.15) is 17.5 Å². The van der Waals surface area contributed by atoms with E-state index in [0.717, 1.165) is 44.9 Å². The van der Waals surface area contributed by atoms with Crippen molar-refractivity contribution in [3.63, 3.8) is 0 Å². The van der Waals surface area contributed by atoms with Gasteiger partial charge in [-0.25, -0.2) is 0 Å². The van der Waals surface area contributed by atoms with Gasteiger partial charge in [0.05, 0.1) is 13.2 Å². The number of hydrogen-bond acceptors (Lipinski definition) is 3. The quantitative estimate of drug-likeness (QED) is 0.817. The zero-order valence-corrected chi connectivity index (χ0v) is 9.37. The maximum absolute atomic E-state index is 5.94. The highest BCUT2D eigenvalue weighted by atomic mass is 16.5. The number of nitrogens with one attached hydrogen (secondary N) is 1. The van der Waals surface area contributed by atoms with E-state index in [1.165, 1.54) is 11.1 Å². The lowest BCUT2D eigenvalue weighted by atomic mass is 10.0. The third-order valence-corrected chi connectivity index (χ3v) is 3.27. The van der Waals surface area contributed by atoms with Crippen molar-refractivity contribution >= 4 is 0 Å². The van der Waals surface area contributed by atoms with Crippen LogP contribution in [0.15, 0.2) is 18.2 Å². The van der Waals surface area contributed by atoms with E-state index in [-0.39, 0.29) is 0 Å². The minimum atomic E-state index is 0.345. The molecule has 2 heterocycles. The molecule has 0 spiro atoms. The molecule has 0 aromatic heterocycles. The zero-order valence-electron chi connectivity index (χ0n) is 9.37. The van der Waals surface area contributed by atoms with E-state index in [9.17, 15) is 0 Å². The largest absolute Gasteiger partial charge is 0.489 e. The molecular weight excluding hydrogens is 202 g/mol. The van der Waals surface area contributed by atoms with Crippen LogP contribution in [-0.2, 0) is 17.8 Å². The fourth-order valence-corrected chi connectivity index (χ4v) is 2.33. The Bertz CT molecular complexity index is 372. The monoisotopic (exact) mass is 219 g/mol. The van der Waals surface area contributed by atoms with Crippen molar-refractivity contribution < 1.29 is 9.47 Å². The maximum Gasteiger partial charge on any atom is 0.120 e. The molecule has 1 saturated heterocycles. The first-order chi connectivity index (χ1) is 7.92. The number of rotatable bonds is 2. The molecule has 3 nitrogen and oxygen atoms in total. The lowest BCUT2D eigenvalue weighted by Crippen LogP contribution is -2.20. The molecule has 0 saturated carbocycles. The Labute approximate surface area is 95.8 Å². The van der Waals surface area contributed by atoms with Gasteiger partial charge in [0.25, 0.3) is 0 Å². The zero-order chi connectivity index (χ0) is 10.8. The Hall–Kier alpha value is -1.06. The van der Waals surface area contributed by atoms with Crippen LogP contribution in [0.5, 0.6) is 5.75 Å². The van der Waals surface area contributed by atoms with Gasteiger partial charge in [0.2, 0.25) is 0 Å². The predicted molar refractivity (Wildman–Crippen MR) is 61.7 cm³/mol. The third-order valence-electron chi connectivity index (χ3n) is 3.27. The van der Waals surface area contributed by atoms with Crippen molar-refractivity contribution in [2.75, 3.05) is 19.7 Å². The summed E-state index contributed by atoms with van der Waals surface area (Å²) in [6.45, 7) is 3.63. The molecule has 1 aromatic rings. The van der Waals surface area contributed by atoms with Gasteiger partial charge in [-0.15, -0.1) is 0 Å². The lowest BCUT2D eigenvalue weighted by molar-refractivity contribution is 0.110. The molecule has 2 aliphatic heterocycles. The third kappa shape index (κ3) is 2.06. The summed E-state index contributed by atoms with van der Waals surface area (Å²) in [5.74, 6) is 1.01. The topological polar surface area (TPSA) is 30.5 Å². The van der Waals surface area contributed by atoms with Crippen LogP contribution in [0.25, 0.3) is 0 Å². The second kappa shape index (κ2) is 4.44. The number of ether oxygens (including phenoxy) is 2. The van der Waals surface area contributed by atoms with Gasteiger partial charge in [0, 0.05) is 6.54 Å². The molecule has 0 amide bonds. The molecule has 1 N–H and O–H groups in total. The number of fused-ring (bicyclic) bond motifs is 1. The SMILES string of the molecule is c1cc2c(cc1OC1CCNC1)CCOC2. The van der Waals surface area contributed by atoms with E-state index < -0.39 is 0 Å². The van der Waals surface area contributed by atoms with Gasteiger partial charge in [-0.1, -0.05) is 6.07 Å². The summed E-state index contributed by atoms with van der Waals surface area (Å²) in [6.07, 6.45) is 2.47. The average molecular weight is 219 g/mol. The normalized spacial score (nSPS) is 24.1.